The molecule has 3 heteroatoms. The van der Waals surface area contributed by atoms with E-state index in [9.17, 15) is 0 Å². The van der Waals surface area contributed by atoms with Crippen molar-refractivity contribution in [2.45, 2.75) is 26.2 Å². The summed E-state index contributed by atoms with van der Waals surface area (Å²) in [6.07, 6.45) is 1.19. The molecule has 1 atom stereocenters. The summed E-state index contributed by atoms with van der Waals surface area (Å²) >= 11 is 0. The van der Waals surface area contributed by atoms with E-state index in [0.29, 0.717) is 12.7 Å². The Morgan fingerprint density at radius 2 is 2.06 bits per heavy atom. The minimum Gasteiger partial charge on any atom is -0.453 e. The lowest BCUT2D eigenvalue weighted by Gasteiger charge is -2.15. The zero-order chi connectivity index (χ0) is 11.1. The van der Waals surface area contributed by atoms with E-state index in [2.05, 4.69) is 25.2 Å². The SMILES string of the molecule is Cc1cc(C2CCNC2)c2c(c1C)OCO2. The zero-order valence-corrected chi connectivity index (χ0v) is 9.80. The lowest BCUT2D eigenvalue weighted by atomic mass is 9.93. The molecule has 0 bridgehead atoms. The first-order valence-electron chi connectivity index (χ1n) is 5.88. The van der Waals surface area contributed by atoms with Gasteiger partial charge in [0.2, 0.25) is 6.79 Å². The van der Waals surface area contributed by atoms with Crippen molar-refractivity contribution in [1.82, 2.24) is 5.32 Å². The monoisotopic (exact) mass is 219 g/mol. The number of benzene rings is 1. The van der Waals surface area contributed by atoms with E-state index in [4.69, 9.17) is 9.47 Å². The quantitative estimate of drug-likeness (QED) is 0.784. The molecule has 0 saturated carbocycles. The highest BCUT2D eigenvalue weighted by Crippen LogP contribution is 2.44. The van der Waals surface area contributed by atoms with Gasteiger partial charge >= 0.3 is 0 Å². The van der Waals surface area contributed by atoms with Gasteiger partial charge in [-0.25, -0.2) is 0 Å². The standard InChI is InChI=1S/C13H17NO2/c1-8-5-11(10-3-4-14-6-10)13-12(9(8)2)15-7-16-13/h5,10,14H,3-4,6-7H2,1-2H3. The Labute approximate surface area is 95.8 Å². The Morgan fingerprint density at radius 1 is 1.25 bits per heavy atom. The molecule has 0 spiro atoms. The van der Waals surface area contributed by atoms with Gasteiger partial charge in [0.25, 0.3) is 0 Å². The van der Waals surface area contributed by atoms with E-state index in [0.717, 1.165) is 24.6 Å². The summed E-state index contributed by atoms with van der Waals surface area (Å²) in [6.45, 7) is 6.76. The highest BCUT2D eigenvalue weighted by Gasteiger charge is 2.27. The van der Waals surface area contributed by atoms with E-state index < -0.39 is 0 Å². The van der Waals surface area contributed by atoms with Gasteiger partial charge in [0.05, 0.1) is 0 Å². The molecule has 2 heterocycles. The van der Waals surface area contributed by atoms with Gasteiger partial charge in [-0.3, -0.25) is 0 Å². The van der Waals surface area contributed by atoms with Crippen LogP contribution in [0, 0.1) is 13.8 Å². The van der Waals surface area contributed by atoms with Crippen molar-refractivity contribution in [1.29, 1.82) is 0 Å². The number of rotatable bonds is 1. The third-order valence-corrected chi connectivity index (χ3v) is 3.68. The van der Waals surface area contributed by atoms with Crippen LogP contribution >= 0.6 is 0 Å². The highest BCUT2D eigenvalue weighted by molar-refractivity contribution is 5.57. The van der Waals surface area contributed by atoms with Crippen molar-refractivity contribution < 1.29 is 9.47 Å². The molecule has 0 amide bonds. The van der Waals surface area contributed by atoms with Crippen molar-refractivity contribution in [2.24, 2.45) is 0 Å². The Bertz CT molecular complexity index is 422. The van der Waals surface area contributed by atoms with E-state index in [1.54, 1.807) is 0 Å². The van der Waals surface area contributed by atoms with Crippen molar-refractivity contribution in [3.05, 3.63) is 22.8 Å². The van der Waals surface area contributed by atoms with Crippen LogP contribution in [0.1, 0.15) is 29.0 Å². The topological polar surface area (TPSA) is 30.5 Å². The van der Waals surface area contributed by atoms with Gasteiger partial charge in [0, 0.05) is 18.0 Å². The van der Waals surface area contributed by atoms with Crippen LogP contribution in [-0.2, 0) is 0 Å². The van der Waals surface area contributed by atoms with E-state index in [-0.39, 0.29) is 0 Å². The normalized spacial score (nSPS) is 22.8. The summed E-state index contributed by atoms with van der Waals surface area (Å²) < 4.78 is 11.2. The molecule has 0 aliphatic carbocycles. The molecule has 0 aromatic heterocycles. The first-order valence-corrected chi connectivity index (χ1v) is 5.88. The van der Waals surface area contributed by atoms with Crippen LogP contribution < -0.4 is 14.8 Å². The molecule has 1 N–H and O–H groups in total. The summed E-state index contributed by atoms with van der Waals surface area (Å²) in [6, 6.07) is 2.26. The maximum atomic E-state index is 5.63. The van der Waals surface area contributed by atoms with Gasteiger partial charge in [-0.05, 0) is 37.9 Å². The Kier molecular flexibility index (Phi) is 2.28. The molecule has 1 fully saturated rings. The maximum Gasteiger partial charge on any atom is 0.231 e. The zero-order valence-electron chi connectivity index (χ0n) is 9.80. The van der Waals surface area contributed by atoms with E-state index in [1.165, 1.54) is 23.1 Å². The average molecular weight is 219 g/mol. The van der Waals surface area contributed by atoms with Crippen LogP contribution in [0.4, 0.5) is 0 Å². The number of fused-ring (bicyclic) bond motifs is 1. The fourth-order valence-corrected chi connectivity index (χ4v) is 2.58. The first kappa shape index (κ1) is 9.97. The van der Waals surface area contributed by atoms with Gasteiger partial charge in [0.15, 0.2) is 11.5 Å². The Morgan fingerprint density at radius 3 is 2.81 bits per heavy atom. The van der Waals surface area contributed by atoms with Crippen LogP contribution in [0.2, 0.25) is 0 Å². The molecule has 2 aliphatic rings. The molecule has 3 nitrogen and oxygen atoms in total. The number of ether oxygens (including phenoxy) is 2. The summed E-state index contributed by atoms with van der Waals surface area (Å²) in [5.74, 6) is 2.52. The number of nitrogens with one attached hydrogen (secondary N) is 1. The minimum absolute atomic E-state index is 0.368. The van der Waals surface area contributed by atoms with Crippen LogP contribution in [0.15, 0.2) is 6.07 Å². The van der Waals surface area contributed by atoms with E-state index in [1.807, 2.05) is 0 Å². The van der Waals surface area contributed by atoms with Crippen molar-refractivity contribution in [2.75, 3.05) is 19.9 Å². The molecule has 16 heavy (non-hydrogen) atoms. The van der Waals surface area contributed by atoms with Gasteiger partial charge in [-0.15, -0.1) is 0 Å². The van der Waals surface area contributed by atoms with E-state index >= 15 is 0 Å². The van der Waals surface area contributed by atoms with Gasteiger partial charge in [0.1, 0.15) is 0 Å². The smallest absolute Gasteiger partial charge is 0.231 e. The molecule has 1 aromatic rings. The molecule has 2 aliphatic heterocycles. The lowest BCUT2D eigenvalue weighted by molar-refractivity contribution is 0.172. The van der Waals surface area contributed by atoms with Crippen molar-refractivity contribution >= 4 is 0 Å². The summed E-state index contributed by atoms with van der Waals surface area (Å²) in [4.78, 5) is 0. The largest absolute Gasteiger partial charge is 0.453 e. The predicted octanol–water partition coefficient (Wildman–Crippen LogP) is 2.11. The highest BCUT2D eigenvalue weighted by atomic mass is 16.7. The first-order chi connectivity index (χ1) is 7.77. The number of hydrogen-bond acceptors (Lipinski definition) is 3. The van der Waals surface area contributed by atoms with Crippen LogP contribution in [0.5, 0.6) is 11.5 Å². The second-order valence-corrected chi connectivity index (χ2v) is 4.66. The minimum atomic E-state index is 0.368. The summed E-state index contributed by atoms with van der Waals surface area (Å²) in [5, 5.41) is 3.40. The Hall–Kier alpha value is -1.22. The molecule has 86 valence electrons. The molecule has 0 radical (unpaired) electrons. The lowest BCUT2D eigenvalue weighted by Crippen LogP contribution is -2.08. The molecule has 1 unspecified atom stereocenters. The number of hydrogen-bond donors (Lipinski definition) is 1. The fraction of sp³-hybridized carbons (Fsp3) is 0.538. The van der Waals surface area contributed by atoms with Crippen LogP contribution in [-0.4, -0.2) is 19.9 Å². The van der Waals surface area contributed by atoms with Crippen molar-refractivity contribution in [3.63, 3.8) is 0 Å². The molecule has 3 rings (SSSR count). The molecule has 1 aromatic carbocycles. The van der Waals surface area contributed by atoms with Gasteiger partial charge in [-0.2, -0.15) is 0 Å². The third kappa shape index (κ3) is 1.39. The Balaban J connectivity index is 2.11. The average Bonchev–Trinajstić information content (AvgIpc) is 2.93. The maximum absolute atomic E-state index is 5.63. The predicted molar refractivity (Wildman–Crippen MR) is 62.3 cm³/mol. The molecular weight excluding hydrogens is 202 g/mol. The fourth-order valence-electron chi connectivity index (χ4n) is 2.58. The van der Waals surface area contributed by atoms with Crippen molar-refractivity contribution in [3.8, 4) is 11.5 Å². The second-order valence-electron chi connectivity index (χ2n) is 4.66. The second kappa shape index (κ2) is 3.67. The molecule has 1 saturated heterocycles. The van der Waals surface area contributed by atoms with Gasteiger partial charge < -0.3 is 14.8 Å². The summed E-state index contributed by atoms with van der Waals surface area (Å²) in [7, 11) is 0. The third-order valence-electron chi connectivity index (χ3n) is 3.68. The van der Waals surface area contributed by atoms with Crippen LogP contribution in [0.25, 0.3) is 0 Å². The van der Waals surface area contributed by atoms with Crippen LogP contribution in [0.3, 0.4) is 0 Å². The van der Waals surface area contributed by atoms with Gasteiger partial charge in [-0.1, -0.05) is 6.07 Å². The summed E-state index contributed by atoms with van der Waals surface area (Å²) in [5.41, 5.74) is 3.83. The number of aryl methyl sites for hydroxylation is 1. The molecular formula is C13H17NO2.